The number of benzene rings is 3. The van der Waals surface area contributed by atoms with E-state index in [1.165, 1.54) is 33.5 Å². The van der Waals surface area contributed by atoms with Gasteiger partial charge in [0.15, 0.2) is 11.6 Å². The quantitative estimate of drug-likeness (QED) is 0.0878. The van der Waals surface area contributed by atoms with Crippen LogP contribution in [0.1, 0.15) is 151 Å². The van der Waals surface area contributed by atoms with E-state index in [9.17, 15) is 19.2 Å². The average molecular weight is 1050 g/mol. The van der Waals surface area contributed by atoms with Crippen LogP contribution in [0.3, 0.4) is 0 Å². The number of amides is 4. The van der Waals surface area contributed by atoms with Crippen LogP contribution in [0.4, 0.5) is 29.7 Å². The number of nitrogens with one attached hydrogen (secondary N) is 4. The van der Waals surface area contributed by atoms with Gasteiger partial charge in [0.1, 0.15) is 29.4 Å². The summed E-state index contributed by atoms with van der Waals surface area (Å²) in [5.41, 5.74) is 5.38. The van der Waals surface area contributed by atoms with Crippen molar-refractivity contribution in [1.82, 2.24) is 40.4 Å². The minimum Gasteiger partial charge on any atom is -0.453 e. The first kappa shape index (κ1) is 51.6. The van der Waals surface area contributed by atoms with E-state index in [1.807, 2.05) is 40.7 Å². The molecule has 6 heterocycles. The molecule has 11 rings (SSSR count). The molecule has 3 aromatic carbocycles. The molecule has 6 fully saturated rings. The number of carbonyl (C=O) groups is 4. The van der Waals surface area contributed by atoms with Crippen LogP contribution < -0.4 is 20.4 Å². The molecule has 4 amide bonds. The number of nitrogens with zero attached hydrogens (tertiary/aromatic N) is 6. The fraction of sp³-hybridized carbons (Fsp3) is 0.579. The van der Waals surface area contributed by atoms with Crippen molar-refractivity contribution in [2.45, 2.75) is 159 Å². The van der Waals surface area contributed by atoms with Gasteiger partial charge in [0.2, 0.25) is 11.8 Å². The van der Waals surface area contributed by atoms with Gasteiger partial charge >= 0.3 is 12.2 Å². The van der Waals surface area contributed by atoms with Crippen molar-refractivity contribution in [3.05, 3.63) is 82.9 Å². The third kappa shape index (κ3) is 9.37. The summed E-state index contributed by atoms with van der Waals surface area (Å²) in [7, 11) is 4.07. The lowest BCUT2D eigenvalue weighted by molar-refractivity contribution is -0.140. The molecule has 11 atom stereocenters. The Kier molecular flexibility index (Phi) is 14.4. The highest BCUT2D eigenvalue weighted by molar-refractivity contribution is 5.88. The molecule has 5 aromatic rings. The maximum atomic E-state index is 16.6. The lowest BCUT2D eigenvalue weighted by Crippen LogP contribution is -2.55. The van der Waals surface area contributed by atoms with E-state index in [1.54, 1.807) is 6.92 Å². The number of imidazole rings is 2. The van der Waals surface area contributed by atoms with Gasteiger partial charge in [0.05, 0.1) is 66.6 Å². The zero-order valence-corrected chi connectivity index (χ0v) is 44.5. The number of halogens is 2. The summed E-state index contributed by atoms with van der Waals surface area (Å²) >= 11 is 0. The molecule has 0 bridgehead atoms. The van der Waals surface area contributed by atoms with Crippen molar-refractivity contribution in [1.29, 1.82) is 0 Å². The number of piperidine rings is 1. The number of hydrogen-bond acceptors (Lipinski definition) is 11. The van der Waals surface area contributed by atoms with Crippen molar-refractivity contribution < 1.29 is 42.2 Å². The number of aromatic amines is 2. The number of ether oxygens (including phenoxy) is 3. The van der Waals surface area contributed by atoms with E-state index in [4.69, 9.17) is 24.2 Å². The molecule has 2 aromatic heterocycles. The highest BCUT2D eigenvalue weighted by Gasteiger charge is 2.51. The van der Waals surface area contributed by atoms with Crippen molar-refractivity contribution in [3.8, 4) is 0 Å². The monoisotopic (exact) mass is 1050 g/mol. The first-order valence-electron chi connectivity index (χ1n) is 27.6. The molecular formula is C57H72F2N10O7. The highest BCUT2D eigenvalue weighted by atomic mass is 19.1. The van der Waals surface area contributed by atoms with Crippen LogP contribution in [0, 0.1) is 29.4 Å². The third-order valence-corrected chi connectivity index (χ3v) is 18.0. The number of likely N-dealkylation sites (tertiary alicyclic amines) is 2. The van der Waals surface area contributed by atoms with Crippen LogP contribution in [0.25, 0.3) is 22.1 Å². The predicted octanol–water partition coefficient (Wildman–Crippen LogP) is 9.81. The summed E-state index contributed by atoms with van der Waals surface area (Å²) in [4.78, 5) is 79.4. The summed E-state index contributed by atoms with van der Waals surface area (Å²) in [6, 6.07) is 12.3. The van der Waals surface area contributed by atoms with Gasteiger partial charge in [-0.15, -0.1) is 0 Å². The Bertz CT molecular complexity index is 2970. The molecule has 4 saturated heterocycles. The molecule has 2 aliphatic carbocycles. The zero-order chi connectivity index (χ0) is 53.1. The second kappa shape index (κ2) is 21.1. The third-order valence-electron chi connectivity index (χ3n) is 18.0. The first-order chi connectivity index (χ1) is 36.7. The second-order valence-corrected chi connectivity index (χ2v) is 22.5. The molecule has 4 N–H and O–H groups in total. The molecular weight excluding hydrogens is 975 g/mol. The van der Waals surface area contributed by atoms with Crippen molar-refractivity contribution in [3.63, 3.8) is 0 Å². The molecule has 17 nitrogen and oxygen atoms in total. The fourth-order valence-electron chi connectivity index (χ4n) is 14.2. The standard InChI is InChI=1S/C57H72F2N10O7/c1-30(2)49(64-56(72)75-5)54(70)68-43-14-10-12-32(43)26-47(68)52-60-39-18-16-34(24-41(39)62-52)45-20-21-46(67(45)36-28-37(58)51(38(59)29-36)66-22-8-7-9-23-66)35-17-19-40-42(25-35)63-53(61-40)48-27-33-13-11-15-44(33)69(48)55(71)50(31(3)74-4)65-57(73)76-6/h16-19,24-25,28-33,43-50H,7-15,20-23,26-27H2,1-6H3,(H,60,62)(H,61,63)(H,64,72)(H,65,73)/t31-,32+,33+,43+,44+,45-,46-,47+,48+,49+,50+/m1/s1. The van der Waals surface area contributed by atoms with Gasteiger partial charge in [0.25, 0.3) is 0 Å². The Balaban J connectivity index is 0.929. The number of fused-ring (bicyclic) bond motifs is 4. The van der Waals surface area contributed by atoms with Gasteiger partial charge in [0, 0.05) is 38.0 Å². The maximum absolute atomic E-state index is 16.6. The van der Waals surface area contributed by atoms with Crippen LogP contribution in [-0.4, -0.2) is 118 Å². The van der Waals surface area contributed by atoms with E-state index < -0.39 is 42.0 Å². The first-order valence-corrected chi connectivity index (χ1v) is 27.6. The van der Waals surface area contributed by atoms with E-state index in [0.717, 1.165) is 98.3 Å². The molecule has 406 valence electrons. The van der Waals surface area contributed by atoms with Gasteiger partial charge in [-0.05, 0) is 143 Å². The average Bonchev–Trinajstić information content (AvgIpc) is 4.31. The summed E-state index contributed by atoms with van der Waals surface area (Å²) in [5, 5.41) is 5.52. The zero-order valence-electron chi connectivity index (χ0n) is 44.5. The number of H-pyrrole nitrogens is 2. The molecule has 0 unspecified atom stereocenters. The van der Waals surface area contributed by atoms with Crippen LogP contribution in [0.15, 0.2) is 48.5 Å². The number of aromatic nitrogens is 4. The smallest absolute Gasteiger partial charge is 0.407 e. The number of methoxy groups -OCH3 is 3. The molecule has 76 heavy (non-hydrogen) atoms. The van der Waals surface area contributed by atoms with Crippen molar-refractivity contribution in [2.75, 3.05) is 44.2 Å². The summed E-state index contributed by atoms with van der Waals surface area (Å²) in [6.07, 6.45) is 9.45. The van der Waals surface area contributed by atoms with E-state index in [0.29, 0.717) is 54.7 Å². The molecule has 0 spiro atoms. The van der Waals surface area contributed by atoms with E-state index >= 15 is 8.78 Å². The molecule has 2 saturated carbocycles. The van der Waals surface area contributed by atoms with Crippen molar-refractivity contribution >= 4 is 57.4 Å². The second-order valence-electron chi connectivity index (χ2n) is 22.5. The predicted molar refractivity (Wildman–Crippen MR) is 282 cm³/mol. The number of carbonyl (C=O) groups excluding carboxylic acids is 4. The Morgan fingerprint density at radius 2 is 1.11 bits per heavy atom. The van der Waals surface area contributed by atoms with Crippen molar-refractivity contribution in [2.24, 2.45) is 17.8 Å². The normalized spacial score (nSPS) is 26.5. The largest absolute Gasteiger partial charge is 0.453 e. The molecule has 19 heteroatoms. The van der Waals surface area contributed by atoms with Gasteiger partial charge in [-0.1, -0.05) is 38.8 Å². The Morgan fingerprint density at radius 3 is 1.58 bits per heavy atom. The topological polar surface area (TPSA) is 190 Å². The lowest BCUT2D eigenvalue weighted by Gasteiger charge is -2.35. The Morgan fingerprint density at radius 1 is 0.618 bits per heavy atom. The Hall–Kier alpha value is -6.50. The Labute approximate surface area is 442 Å². The highest BCUT2D eigenvalue weighted by Crippen LogP contribution is 2.52. The molecule has 4 aliphatic heterocycles. The van der Waals surface area contributed by atoms with Crippen LogP contribution >= 0.6 is 0 Å². The van der Waals surface area contributed by atoms with E-state index in [2.05, 4.69) is 49.8 Å². The fourth-order valence-corrected chi connectivity index (χ4v) is 14.2. The SMILES string of the molecule is COC(=O)N[C@H](C(=O)N1[C@H](c2nc3cc([C@H]4CC[C@H](c5ccc6[nH]c([C@@H]7C[C@@H]8CCC[C@@H]8N7C(=O)[C@@H](NC(=O)OC)[C@@H](C)OC)nc6c5)N4c4cc(F)c(N5CCCCC5)c(F)c4)ccc3[nH]2)C[C@@H]2CCC[C@@H]21)C(C)C. The molecule has 6 aliphatic rings. The summed E-state index contributed by atoms with van der Waals surface area (Å²) in [6.45, 7) is 6.79. The minimum atomic E-state index is -0.968. The summed E-state index contributed by atoms with van der Waals surface area (Å²) < 4.78 is 48.6. The van der Waals surface area contributed by atoms with Crippen LogP contribution in [0.5, 0.6) is 0 Å². The van der Waals surface area contributed by atoms with Gasteiger partial charge in [-0.3, -0.25) is 9.59 Å². The number of anilines is 2. The van der Waals surface area contributed by atoms with Gasteiger partial charge < -0.3 is 54.4 Å². The maximum Gasteiger partial charge on any atom is 0.407 e. The number of rotatable bonds is 13. The minimum absolute atomic E-state index is 0.00811. The van der Waals surface area contributed by atoms with Crippen LogP contribution in [-0.2, 0) is 23.8 Å². The number of hydrogen-bond donors (Lipinski definition) is 4. The van der Waals surface area contributed by atoms with Crippen LogP contribution in [0.2, 0.25) is 0 Å². The van der Waals surface area contributed by atoms with E-state index in [-0.39, 0.29) is 65.6 Å². The summed E-state index contributed by atoms with van der Waals surface area (Å²) in [5.74, 6) is 0.219. The van der Waals surface area contributed by atoms with Gasteiger partial charge in [-0.25, -0.2) is 28.3 Å². The lowest BCUT2D eigenvalue weighted by atomic mass is 10.0. The number of alkyl carbamates (subject to hydrolysis) is 2. The van der Waals surface area contributed by atoms with Gasteiger partial charge in [-0.2, -0.15) is 0 Å². The molecule has 0 radical (unpaired) electrons.